The third-order valence-electron chi connectivity index (χ3n) is 4.05. The molecule has 0 bridgehead atoms. The molecule has 0 amide bonds. The standard InChI is InChI=1S/C17H19F2NS/c1-11(2)20-7-3-5-12-9-13(16-6-4-8-21-16)14(17(18)19)10-15(12)20/h4,6,8-11,17H,3,5,7H2,1-2H3. The van der Waals surface area contributed by atoms with Gasteiger partial charge < -0.3 is 4.90 Å². The predicted molar refractivity (Wildman–Crippen MR) is 85.5 cm³/mol. The summed E-state index contributed by atoms with van der Waals surface area (Å²) in [5.41, 5.74) is 3.04. The second-order valence-electron chi connectivity index (χ2n) is 5.74. The molecule has 1 nitrogen and oxygen atoms in total. The van der Waals surface area contributed by atoms with Crippen LogP contribution >= 0.6 is 11.3 Å². The number of halogens is 2. The molecule has 1 aromatic carbocycles. The summed E-state index contributed by atoms with van der Waals surface area (Å²) in [5.74, 6) is 0. The zero-order valence-electron chi connectivity index (χ0n) is 12.3. The fourth-order valence-corrected chi connectivity index (χ4v) is 3.80. The molecule has 112 valence electrons. The first-order valence-corrected chi connectivity index (χ1v) is 8.21. The number of thiophene rings is 1. The molecule has 21 heavy (non-hydrogen) atoms. The van der Waals surface area contributed by atoms with Crippen LogP contribution in [0.3, 0.4) is 0 Å². The lowest BCUT2D eigenvalue weighted by Gasteiger charge is -2.35. The molecule has 0 radical (unpaired) electrons. The van der Waals surface area contributed by atoms with Crippen LogP contribution in [0.1, 0.15) is 37.8 Å². The zero-order valence-corrected chi connectivity index (χ0v) is 13.1. The van der Waals surface area contributed by atoms with Crippen LogP contribution in [-0.4, -0.2) is 12.6 Å². The van der Waals surface area contributed by atoms with Crippen LogP contribution in [0, 0.1) is 0 Å². The summed E-state index contributed by atoms with van der Waals surface area (Å²) in [6.07, 6.45) is -0.382. The molecule has 0 atom stereocenters. The highest BCUT2D eigenvalue weighted by Crippen LogP contribution is 2.40. The molecule has 2 aromatic rings. The van der Waals surface area contributed by atoms with E-state index in [1.54, 1.807) is 6.07 Å². The van der Waals surface area contributed by atoms with E-state index < -0.39 is 6.43 Å². The van der Waals surface area contributed by atoms with Crippen molar-refractivity contribution in [3.63, 3.8) is 0 Å². The molecule has 1 aliphatic rings. The van der Waals surface area contributed by atoms with Gasteiger partial charge >= 0.3 is 0 Å². The van der Waals surface area contributed by atoms with E-state index in [1.165, 1.54) is 16.9 Å². The van der Waals surface area contributed by atoms with Gasteiger partial charge in [0.1, 0.15) is 0 Å². The molecule has 2 heterocycles. The van der Waals surface area contributed by atoms with Crippen LogP contribution in [0.2, 0.25) is 0 Å². The third kappa shape index (κ3) is 2.69. The van der Waals surface area contributed by atoms with E-state index in [2.05, 4.69) is 18.7 Å². The number of benzene rings is 1. The van der Waals surface area contributed by atoms with Gasteiger partial charge in [0, 0.05) is 34.3 Å². The van der Waals surface area contributed by atoms with Gasteiger partial charge in [-0.15, -0.1) is 11.3 Å². The summed E-state index contributed by atoms with van der Waals surface area (Å²) in [6, 6.07) is 7.86. The number of hydrogen-bond donors (Lipinski definition) is 0. The lowest BCUT2D eigenvalue weighted by atomic mass is 9.94. The van der Waals surface area contributed by atoms with E-state index in [4.69, 9.17) is 0 Å². The summed E-state index contributed by atoms with van der Waals surface area (Å²) >= 11 is 1.52. The Morgan fingerprint density at radius 1 is 1.24 bits per heavy atom. The van der Waals surface area contributed by atoms with Crippen molar-refractivity contribution >= 4 is 17.0 Å². The van der Waals surface area contributed by atoms with Gasteiger partial charge in [-0.25, -0.2) is 8.78 Å². The SMILES string of the molecule is CC(C)N1CCCc2cc(-c3cccs3)c(C(F)F)cc21. The van der Waals surface area contributed by atoms with E-state index in [-0.39, 0.29) is 5.56 Å². The van der Waals surface area contributed by atoms with E-state index >= 15 is 0 Å². The molecule has 0 aliphatic carbocycles. The highest BCUT2D eigenvalue weighted by Gasteiger charge is 2.24. The number of anilines is 1. The summed E-state index contributed by atoms with van der Waals surface area (Å²) in [6.45, 7) is 5.18. The van der Waals surface area contributed by atoms with Crippen molar-refractivity contribution in [2.45, 2.75) is 39.2 Å². The molecule has 0 saturated heterocycles. The average Bonchev–Trinajstić information content (AvgIpc) is 2.98. The van der Waals surface area contributed by atoms with Crippen LogP contribution < -0.4 is 4.90 Å². The van der Waals surface area contributed by atoms with Crippen molar-refractivity contribution in [3.8, 4) is 10.4 Å². The van der Waals surface area contributed by atoms with Crippen LogP contribution in [0.15, 0.2) is 29.6 Å². The second-order valence-corrected chi connectivity index (χ2v) is 6.68. The fraction of sp³-hybridized carbons (Fsp3) is 0.412. The topological polar surface area (TPSA) is 3.24 Å². The maximum atomic E-state index is 13.5. The Labute approximate surface area is 128 Å². The number of fused-ring (bicyclic) bond motifs is 1. The number of rotatable bonds is 3. The first-order chi connectivity index (χ1) is 10.1. The molecular formula is C17H19F2NS. The first kappa shape index (κ1) is 14.5. The maximum absolute atomic E-state index is 13.5. The first-order valence-electron chi connectivity index (χ1n) is 7.33. The van der Waals surface area contributed by atoms with Crippen LogP contribution in [0.25, 0.3) is 10.4 Å². The van der Waals surface area contributed by atoms with Gasteiger partial charge in [-0.1, -0.05) is 6.07 Å². The second kappa shape index (κ2) is 5.76. The summed E-state index contributed by atoms with van der Waals surface area (Å²) in [7, 11) is 0. The quantitative estimate of drug-likeness (QED) is 0.722. The Hall–Kier alpha value is -1.42. The molecule has 0 fully saturated rings. The normalized spacial score (nSPS) is 14.9. The largest absolute Gasteiger partial charge is 0.369 e. The Morgan fingerprint density at radius 2 is 2.05 bits per heavy atom. The van der Waals surface area contributed by atoms with Crippen LogP contribution in [0.5, 0.6) is 0 Å². The molecule has 4 heteroatoms. The van der Waals surface area contributed by atoms with Gasteiger partial charge in [0.15, 0.2) is 0 Å². The Balaban J connectivity index is 2.16. The van der Waals surface area contributed by atoms with Gasteiger partial charge in [0.05, 0.1) is 0 Å². The minimum atomic E-state index is -2.44. The molecule has 0 unspecified atom stereocenters. The zero-order chi connectivity index (χ0) is 15.0. The number of alkyl halides is 2. The molecular weight excluding hydrogens is 288 g/mol. The van der Waals surface area contributed by atoms with Gasteiger partial charge in [0.2, 0.25) is 0 Å². The molecule has 1 aromatic heterocycles. The molecule has 0 spiro atoms. The number of aryl methyl sites for hydroxylation is 1. The van der Waals surface area contributed by atoms with Crippen molar-refractivity contribution in [1.29, 1.82) is 0 Å². The Morgan fingerprint density at radius 3 is 2.67 bits per heavy atom. The van der Waals surface area contributed by atoms with E-state index in [0.29, 0.717) is 11.6 Å². The highest BCUT2D eigenvalue weighted by molar-refractivity contribution is 7.13. The van der Waals surface area contributed by atoms with Gasteiger partial charge in [0.25, 0.3) is 6.43 Å². The van der Waals surface area contributed by atoms with E-state index in [9.17, 15) is 8.78 Å². The number of hydrogen-bond acceptors (Lipinski definition) is 2. The fourth-order valence-electron chi connectivity index (χ4n) is 3.04. The van der Waals surface area contributed by atoms with Crippen molar-refractivity contribution in [1.82, 2.24) is 0 Å². The lowest BCUT2D eigenvalue weighted by Crippen LogP contribution is -2.35. The van der Waals surface area contributed by atoms with Crippen molar-refractivity contribution in [3.05, 3.63) is 40.8 Å². The van der Waals surface area contributed by atoms with E-state index in [0.717, 1.165) is 30.0 Å². The van der Waals surface area contributed by atoms with Crippen LogP contribution in [0.4, 0.5) is 14.5 Å². The minimum absolute atomic E-state index is 0.156. The summed E-state index contributed by atoms with van der Waals surface area (Å²) in [5, 5.41) is 1.93. The lowest BCUT2D eigenvalue weighted by molar-refractivity contribution is 0.152. The Kier molecular flexibility index (Phi) is 3.98. The van der Waals surface area contributed by atoms with Gasteiger partial charge in [-0.05, 0) is 55.8 Å². The Bertz CT molecular complexity index is 620. The minimum Gasteiger partial charge on any atom is -0.369 e. The smallest absolute Gasteiger partial charge is 0.264 e. The summed E-state index contributed by atoms with van der Waals surface area (Å²) in [4.78, 5) is 3.16. The number of nitrogens with zero attached hydrogens (tertiary/aromatic N) is 1. The van der Waals surface area contributed by atoms with Crippen molar-refractivity contribution in [2.24, 2.45) is 0 Å². The molecule has 3 rings (SSSR count). The monoisotopic (exact) mass is 307 g/mol. The van der Waals surface area contributed by atoms with Crippen LogP contribution in [-0.2, 0) is 6.42 Å². The summed E-state index contributed by atoms with van der Waals surface area (Å²) < 4.78 is 27.0. The maximum Gasteiger partial charge on any atom is 0.264 e. The van der Waals surface area contributed by atoms with Gasteiger partial charge in [-0.2, -0.15) is 0 Å². The third-order valence-corrected chi connectivity index (χ3v) is 4.95. The van der Waals surface area contributed by atoms with E-state index in [1.807, 2.05) is 23.6 Å². The molecule has 0 N–H and O–H groups in total. The predicted octanol–water partition coefficient (Wildman–Crippen LogP) is 5.51. The highest BCUT2D eigenvalue weighted by atomic mass is 32.1. The average molecular weight is 307 g/mol. The van der Waals surface area contributed by atoms with Gasteiger partial charge in [-0.3, -0.25) is 0 Å². The molecule has 1 aliphatic heterocycles. The van der Waals surface area contributed by atoms with Crippen molar-refractivity contribution in [2.75, 3.05) is 11.4 Å². The molecule has 0 saturated carbocycles. The van der Waals surface area contributed by atoms with Crippen molar-refractivity contribution < 1.29 is 8.78 Å².